The zero-order valence-corrected chi connectivity index (χ0v) is 21.2. The van der Waals surface area contributed by atoms with Crippen molar-refractivity contribution in [2.24, 2.45) is 5.92 Å². The Kier molecular flexibility index (Phi) is 8.40. The van der Waals surface area contributed by atoms with Gasteiger partial charge in [0.2, 0.25) is 5.91 Å². The molecule has 6 nitrogen and oxygen atoms in total. The molecule has 0 aliphatic carbocycles. The number of nitrogens with zero attached hydrogens (tertiary/aromatic N) is 4. The molecule has 1 aliphatic rings. The quantitative estimate of drug-likeness (QED) is 0.415. The number of carbonyl (C=O) groups is 1. The summed E-state index contributed by atoms with van der Waals surface area (Å²) in [5.41, 5.74) is 3.48. The van der Waals surface area contributed by atoms with E-state index >= 15 is 0 Å². The molecule has 7 heteroatoms. The number of aromatic nitrogens is 3. The van der Waals surface area contributed by atoms with E-state index in [9.17, 15) is 4.79 Å². The highest BCUT2D eigenvalue weighted by atomic mass is 32.2. The van der Waals surface area contributed by atoms with Crippen LogP contribution in [0.2, 0.25) is 0 Å². The molecular formula is C27H35N5OS. The first-order valence-electron chi connectivity index (χ1n) is 12.2. The second-order valence-corrected chi connectivity index (χ2v) is 10.4. The van der Waals surface area contributed by atoms with E-state index in [1.165, 1.54) is 30.2 Å². The van der Waals surface area contributed by atoms with Gasteiger partial charge < -0.3 is 5.32 Å². The molecule has 1 unspecified atom stereocenters. The number of rotatable bonds is 10. The highest BCUT2D eigenvalue weighted by molar-refractivity contribution is 7.99. The topological polar surface area (TPSA) is 63.1 Å². The number of hydrogen-bond acceptors (Lipinski definition) is 5. The molecule has 1 atom stereocenters. The predicted octanol–water partition coefficient (Wildman–Crippen LogP) is 5.03. The van der Waals surface area contributed by atoms with Gasteiger partial charge in [0, 0.05) is 5.69 Å². The molecule has 1 N–H and O–H groups in total. The van der Waals surface area contributed by atoms with Crippen LogP contribution in [-0.2, 0) is 17.8 Å². The summed E-state index contributed by atoms with van der Waals surface area (Å²) in [5, 5.41) is 12.8. The lowest BCUT2D eigenvalue weighted by molar-refractivity contribution is -0.119. The minimum Gasteiger partial charge on any atom is -0.349 e. The number of amides is 1. The normalized spacial score (nSPS) is 15.1. The van der Waals surface area contributed by atoms with Crippen molar-refractivity contribution in [3.63, 3.8) is 0 Å². The molecule has 2 aromatic carbocycles. The van der Waals surface area contributed by atoms with Crippen LogP contribution in [0.4, 0.5) is 0 Å². The molecule has 1 aliphatic heterocycles. The van der Waals surface area contributed by atoms with Gasteiger partial charge in [0.05, 0.1) is 18.3 Å². The van der Waals surface area contributed by atoms with Crippen LogP contribution in [0.5, 0.6) is 0 Å². The summed E-state index contributed by atoms with van der Waals surface area (Å²) in [6.07, 6.45) is 3.54. The van der Waals surface area contributed by atoms with Gasteiger partial charge in [-0.1, -0.05) is 68.1 Å². The molecular weight excluding hydrogens is 442 g/mol. The standard InChI is InChI=1S/C27H35N5OS/c1-20(2)17-22-11-13-23(14-12-22)21(3)28-26(33)19-34-27-30-29-25(18-31-15-7-8-16-31)32(27)24-9-5-4-6-10-24/h4-6,9-14,20-21H,7-8,15-19H2,1-3H3,(H,28,33). The molecule has 3 aromatic rings. The van der Waals surface area contributed by atoms with Gasteiger partial charge in [-0.05, 0) is 68.5 Å². The average molecular weight is 478 g/mol. The highest BCUT2D eigenvalue weighted by Gasteiger charge is 2.20. The zero-order chi connectivity index (χ0) is 23.9. The van der Waals surface area contributed by atoms with Crippen molar-refractivity contribution in [2.75, 3.05) is 18.8 Å². The molecule has 0 spiro atoms. The van der Waals surface area contributed by atoms with Crippen LogP contribution in [-0.4, -0.2) is 44.4 Å². The smallest absolute Gasteiger partial charge is 0.230 e. The molecule has 2 heterocycles. The van der Waals surface area contributed by atoms with Gasteiger partial charge in [0.15, 0.2) is 11.0 Å². The first-order valence-corrected chi connectivity index (χ1v) is 13.2. The molecule has 1 amide bonds. The third-order valence-electron chi connectivity index (χ3n) is 6.11. The van der Waals surface area contributed by atoms with Crippen molar-refractivity contribution in [2.45, 2.75) is 57.8 Å². The molecule has 4 rings (SSSR count). The third-order valence-corrected chi connectivity index (χ3v) is 7.04. The summed E-state index contributed by atoms with van der Waals surface area (Å²) in [4.78, 5) is 15.2. The Morgan fingerprint density at radius 3 is 2.38 bits per heavy atom. The van der Waals surface area contributed by atoms with Crippen molar-refractivity contribution in [3.8, 4) is 5.69 Å². The Bertz CT molecular complexity index is 1060. The fourth-order valence-electron chi connectivity index (χ4n) is 4.38. The summed E-state index contributed by atoms with van der Waals surface area (Å²) in [6.45, 7) is 9.45. The monoisotopic (exact) mass is 477 g/mol. The Balaban J connectivity index is 1.39. The molecule has 180 valence electrons. The fourth-order valence-corrected chi connectivity index (χ4v) is 5.17. The number of hydrogen-bond donors (Lipinski definition) is 1. The largest absolute Gasteiger partial charge is 0.349 e. The summed E-state index contributed by atoms with van der Waals surface area (Å²) in [7, 11) is 0. The molecule has 0 radical (unpaired) electrons. The van der Waals surface area contributed by atoms with Crippen molar-refractivity contribution >= 4 is 17.7 Å². The molecule has 1 saturated heterocycles. The van der Waals surface area contributed by atoms with Gasteiger partial charge in [-0.15, -0.1) is 10.2 Å². The van der Waals surface area contributed by atoms with Crippen molar-refractivity contribution in [1.82, 2.24) is 25.0 Å². The van der Waals surface area contributed by atoms with E-state index in [-0.39, 0.29) is 11.9 Å². The first kappa shape index (κ1) is 24.5. The van der Waals surface area contributed by atoms with Crippen LogP contribution >= 0.6 is 11.8 Å². The van der Waals surface area contributed by atoms with Crippen molar-refractivity contribution < 1.29 is 4.79 Å². The lowest BCUT2D eigenvalue weighted by Gasteiger charge is -2.16. The van der Waals surface area contributed by atoms with Crippen molar-refractivity contribution in [3.05, 3.63) is 71.5 Å². The maximum atomic E-state index is 12.7. The Morgan fingerprint density at radius 2 is 1.71 bits per heavy atom. The Morgan fingerprint density at radius 1 is 1.00 bits per heavy atom. The van der Waals surface area contributed by atoms with Gasteiger partial charge >= 0.3 is 0 Å². The van der Waals surface area contributed by atoms with Crippen LogP contribution in [0, 0.1) is 5.92 Å². The van der Waals surface area contributed by atoms with E-state index in [1.807, 2.05) is 25.1 Å². The molecule has 34 heavy (non-hydrogen) atoms. The van der Waals surface area contributed by atoms with E-state index in [1.54, 1.807) is 0 Å². The highest BCUT2D eigenvalue weighted by Crippen LogP contribution is 2.24. The van der Waals surface area contributed by atoms with E-state index in [0.717, 1.165) is 48.3 Å². The number of nitrogens with one attached hydrogen (secondary N) is 1. The first-order chi connectivity index (χ1) is 16.5. The van der Waals surface area contributed by atoms with Gasteiger partial charge in [0.25, 0.3) is 0 Å². The minimum absolute atomic E-state index is 0.00698. The van der Waals surface area contributed by atoms with Crippen LogP contribution in [0.15, 0.2) is 59.8 Å². The van der Waals surface area contributed by atoms with Gasteiger partial charge in [-0.3, -0.25) is 14.3 Å². The van der Waals surface area contributed by atoms with Gasteiger partial charge in [0.1, 0.15) is 0 Å². The summed E-state index contributed by atoms with van der Waals surface area (Å²) in [6, 6.07) is 18.7. The number of thioether (sulfide) groups is 1. The van der Waals surface area contributed by atoms with Crippen LogP contribution < -0.4 is 5.32 Å². The number of benzene rings is 2. The Labute approximate surface area is 207 Å². The molecule has 1 aromatic heterocycles. The van der Waals surface area contributed by atoms with E-state index in [4.69, 9.17) is 0 Å². The number of para-hydroxylation sites is 1. The SMILES string of the molecule is CC(C)Cc1ccc(C(C)NC(=O)CSc2nnc(CN3CCCC3)n2-c2ccccc2)cc1. The van der Waals surface area contributed by atoms with Gasteiger partial charge in [-0.25, -0.2) is 0 Å². The molecule has 1 fully saturated rings. The van der Waals surface area contributed by atoms with E-state index in [0.29, 0.717) is 11.7 Å². The second-order valence-electron chi connectivity index (χ2n) is 9.47. The number of carbonyl (C=O) groups excluding carboxylic acids is 1. The summed E-state index contributed by atoms with van der Waals surface area (Å²) >= 11 is 1.43. The lowest BCUT2D eigenvalue weighted by atomic mass is 10.00. The summed E-state index contributed by atoms with van der Waals surface area (Å²) in [5.74, 6) is 1.84. The maximum Gasteiger partial charge on any atom is 0.230 e. The average Bonchev–Trinajstić information content (AvgIpc) is 3.48. The van der Waals surface area contributed by atoms with Crippen molar-refractivity contribution in [1.29, 1.82) is 0 Å². The lowest BCUT2D eigenvalue weighted by Crippen LogP contribution is -2.28. The minimum atomic E-state index is -0.0427. The zero-order valence-electron chi connectivity index (χ0n) is 20.4. The third kappa shape index (κ3) is 6.48. The van der Waals surface area contributed by atoms with Crippen LogP contribution in [0.1, 0.15) is 56.6 Å². The van der Waals surface area contributed by atoms with E-state index in [2.05, 4.69) is 75.2 Å². The molecule has 0 bridgehead atoms. The number of likely N-dealkylation sites (tertiary alicyclic amines) is 1. The summed E-state index contributed by atoms with van der Waals surface area (Å²) < 4.78 is 2.09. The predicted molar refractivity (Wildman–Crippen MR) is 138 cm³/mol. The maximum absolute atomic E-state index is 12.7. The Hall–Kier alpha value is -2.64. The van der Waals surface area contributed by atoms with E-state index < -0.39 is 0 Å². The second kappa shape index (κ2) is 11.7. The fraction of sp³-hybridized carbons (Fsp3) is 0.444. The van der Waals surface area contributed by atoms with Gasteiger partial charge in [-0.2, -0.15) is 0 Å². The molecule has 0 saturated carbocycles. The van der Waals surface area contributed by atoms with Crippen LogP contribution in [0.3, 0.4) is 0 Å². The van der Waals surface area contributed by atoms with Crippen LogP contribution in [0.25, 0.3) is 5.69 Å².